The summed E-state index contributed by atoms with van der Waals surface area (Å²) in [5.74, 6) is -1.49. The summed E-state index contributed by atoms with van der Waals surface area (Å²) in [7, 11) is 0. The molecule has 0 radical (unpaired) electrons. The lowest BCUT2D eigenvalue weighted by molar-refractivity contribution is -0.137. The molecule has 2 aromatic carbocycles. The van der Waals surface area contributed by atoms with Crippen molar-refractivity contribution < 1.29 is 14.7 Å². The van der Waals surface area contributed by atoms with E-state index in [1.54, 1.807) is 41.1 Å². The summed E-state index contributed by atoms with van der Waals surface area (Å²) < 4.78 is 1.58. The molecule has 0 saturated carbocycles. The van der Waals surface area contributed by atoms with Gasteiger partial charge in [0.1, 0.15) is 18.2 Å². The first-order valence-electron chi connectivity index (χ1n) is 7.86. The van der Waals surface area contributed by atoms with Crippen LogP contribution >= 0.6 is 0 Å². The second-order valence-electron chi connectivity index (χ2n) is 5.61. The fourth-order valence-corrected chi connectivity index (χ4v) is 2.69. The molecule has 0 atom stereocenters. The Morgan fingerprint density at radius 2 is 1.81 bits per heavy atom. The SMILES string of the molecule is N#C/C(=C/c1cn(CC(=O)O)c2ccccc12)C(=O)Nc1ccccc1. The Bertz CT molecular complexity index is 1040. The number of anilines is 1. The Morgan fingerprint density at radius 1 is 1.12 bits per heavy atom. The van der Waals surface area contributed by atoms with Crippen LogP contribution in [-0.2, 0) is 16.1 Å². The summed E-state index contributed by atoms with van der Waals surface area (Å²) in [6, 6.07) is 18.0. The van der Waals surface area contributed by atoms with Crippen LogP contribution in [0, 0.1) is 11.3 Å². The van der Waals surface area contributed by atoms with Gasteiger partial charge in [-0.15, -0.1) is 0 Å². The highest BCUT2D eigenvalue weighted by atomic mass is 16.4. The number of para-hydroxylation sites is 2. The zero-order valence-corrected chi connectivity index (χ0v) is 13.7. The molecule has 0 saturated heterocycles. The maximum atomic E-state index is 12.4. The molecule has 1 aromatic heterocycles. The van der Waals surface area contributed by atoms with Gasteiger partial charge in [0.05, 0.1) is 0 Å². The van der Waals surface area contributed by atoms with Crippen molar-refractivity contribution >= 4 is 34.5 Å². The molecule has 0 spiro atoms. The molecule has 0 aliphatic heterocycles. The van der Waals surface area contributed by atoms with Gasteiger partial charge in [0.25, 0.3) is 5.91 Å². The third-order valence-corrected chi connectivity index (χ3v) is 3.82. The van der Waals surface area contributed by atoms with Crippen molar-refractivity contribution in [3.8, 4) is 6.07 Å². The number of nitrogens with zero attached hydrogens (tertiary/aromatic N) is 2. The predicted octanol–water partition coefficient (Wildman–Crippen LogP) is 3.27. The Hall–Kier alpha value is -3.85. The van der Waals surface area contributed by atoms with E-state index in [-0.39, 0.29) is 12.1 Å². The molecule has 0 aliphatic carbocycles. The third kappa shape index (κ3) is 3.62. The number of carboxylic acids is 1. The highest BCUT2D eigenvalue weighted by Gasteiger charge is 2.13. The van der Waals surface area contributed by atoms with Crippen LogP contribution in [-0.4, -0.2) is 21.6 Å². The van der Waals surface area contributed by atoms with E-state index in [1.807, 2.05) is 30.3 Å². The second-order valence-corrected chi connectivity index (χ2v) is 5.61. The number of hydrogen-bond donors (Lipinski definition) is 2. The van der Waals surface area contributed by atoms with Gasteiger partial charge in [-0.2, -0.15) is 5.26 Å². The summed E-state index contributed by atoms with van der Waals surface area (Å²) in [4.78, 5) is 23.4. The van der Waals surface area contributed by atoms with Crippen molar-refractivity contribution in [1.82, 2.24) is 4.57 Å². The zero-order chi connectivity index (χ0) is 18.5. The maximum Gasteiger partial charge on any atom is 0.323 e. The number of benzene rings is 2. The van der Waals surface area contributed by atoms with E-state index in [2.05, 4.69) is 5.32 Å². The highest BCUT2D eigenvalue weighted by Crippen LogP contribution is 2.24. The van der Waals surface area contributed by atoms with Crippen LogP contribution in [0.3, 0.4) is 0 Å². The number of amides is 1. The van der Waals surface area contributed by atoms with E-state index < -0.39 is 11.9 Å². The van der Waals surface area contributed by atoms with Gasteiger partial charge in [-0.25, -0.2) is 0 Å². The minimum atomic E-state index is -0.969. The molecule has 1 heterocycles. The van der Waals surface area contributed by atoms with E-state index in [0.29, 0.717) is 11.3 Å². The lowest BCUT2D eigenvalue weighted by atomic mass is 10.1. The molecule has 0 unspecified atom stereocenters. The first-order valence-corrected chi connectivity index (χ1v) is 7.86. The van der Waals surface area contributed by atoms with Crippen LogP contribution in [0.2, 0.25) is 0 Å². The zero-order valence-electron chi connectivity index (χ0n) is 13.7. The van der Waals surface area contributed by atoms with Crippen LogP contribution in [0.25, 0.3) is 17.0 Å². The summed E-state index contributed by atoms with van der Waals surface area (Å²) in [5.41, 5.74) is 1.86. The van der Waals surface area contributed by atoms with Gasteiger partial charge >= 0.3 is 5.97 Å². The molecule has 26 heavy (non-hydrogen) atoms. The molecule has 1 amide bonds. The van der Waals surface area contributed by atoms with Crippen molar-refractivity contribution in [2.75, 3.05) is 5.32 Å². The fraction of sp³-hybridized carbons (Fsp3) is 0.0500. The van der Waals surface area contributed by atoms with Gasteiger partial charge in [0.15, 0.2) is 0 Å². The lowest BCUT2D eigenvalue weighted by Gasteiger charge is -2.03. The molecule has 128 valence electrons. The van der Waals surface area contributed by atoms with Crippen molar-refractivity contribution in [1.29, 1.82) is 5.26 Å². The summed E-state index contributed by atoms with van der Waals surface area (Å²) in [5, 5.41) is 21.9. The van der Waals surface area contributed by atoms with Crippen LogP contribution < -0.4 is 5.32 Å². The molecule has 3 rings (SSSR count). The molecular weight excluding hydrogens is 330 g/mol. The van der Waals surface area contributed by atoms with E-state index in [0.717, 1.165) is 10.9 Å². The second kappa shape index (κ2) is 7.36. The number of carbonyl (C=O) groups is 2. The molecule has 2 N–H and O–H groups in total. The highest BCUT2D eigenvalue weighted by molar-refractivity contribution is 6.10. The van der Waals surface area contributed by atoms with E-state index >= 15 is 0 Å². The molecule has 6 nitrogen and oxygen atoms in total. The lowest BCUT2D eigenvalue weighted by Crippen LogP contribution is -2.13. The van der Waals surface area contributed by atoms with Crippen molar-refractivity contribution in [2.24, 2.45) is 0 Å². The normalized spacial score (nSPS) is 11.1. The number of carboxylic acid groups (broad SMARTS) is 1. The fourth-order valence-electron chi connectivity index (χ4n) is 2.69. The number of aromatic nitrogens is 1. The Morgan fingerprint density at radius 3 is 2.50 bits per heavy atom. The largest absolute Gasteiger partial charge is 0.480 e. The molecular formula is C20H15N3O3. The Labute approximate surface area is 149 Å². The number of nitrogens with one attached hydrogen (secondary N) is 1. The Balaban J connectivity index is 1.98. The van der Waals surface area contributed by atoms with E-state index in [1.165, 1.54) is 6.08 Å². The van der Waals surface area contributed by atoms with Gasteiger partial charge in [0, 0.05) is 28.4 Å². The van der Waals surface area contributed by atoms with Crippen LogP contribution in [0.4, 0.5) is 5.69 Å². The monoisotopic (exact) mass is 345 g/mol. The minimum absolute atomic E-state index is 0.0629. The number of hydrogen-bond acceptors (Lipinski definition) is 3. The first kappa shape index (κ1) is 17.0. The van der Waals surface area contributed by atoms with Crippen molar-refractivity contribution in [3.05, 3.63) is 71.9 Å². The first-order chi connectivity index (χ1) is 12.6. The standard InChI is InChI=1S/C20H15N3O3/c21-11-14(20(26)22-16-6-2-1-3-7-16)10-15-12-23(13-19(24)25)18-9-5-4-8-17(15)18/h1-10,12H,13H2,(H,22,26)(H,24,25)/b14-10-. The van der Waals surface area contributed by atoms with Gasteiger partial charge in [-0.05, 0) is 24.3 Å². The maximum absolute atomic E-state index is 12.4. The molecule has 0 aliphatic rings. The smallest absolute Gasteiger partial charge is 0.323 e. The molecule has 0 bridgehead atoms. The number of nitriles is 1. The van der Waals surface area contributed by atoms with Crippen LogP contribution in [0.15, 0.2) is 66.4 Å². The minimum Gasteiger partial charge on any atom is -0.480 e. The number of fused-ring (bicyclic) bond motifs is 1. The predicted molar refractivity (Wildman–Crippen MR) is 98.2 cm³/mol. The third-order valence-electron chi connectivity index (χ3n) is 3.82. The molecule has 6 heteroatoms. The quantitative estimate of drug-likeness (QED) is 0.548. The average Bonchev–Trinajstić information content (AvgIpc) is 2.97. The molecule has 3 aromatic rings. The topological polar surface area (TPSA) is 95.1 Å². The number of carbonyl (C=O) groups excluding carboxylic acids is 1. The summed E-state index contributed by atoms with van der Waals surface area (Å²) >= 11 is 0. The van der Waals surface area contributed by atoms with Gasteiger partial charge in [-0.1, -0.05) is 36.4 Å². The number of rotatable bonds is 5. The van der Waals surface area contributed by atoms with Gasteiger partial charge in [-0.3, -0.25) is 9.59 Å². The van der Waals surface area contributed by atoms with Gasteiger partial charge < -0.3 is 15.0 Å². The summed E-state index contributed by atoms with van der Waals surface area (Å²) in [6.07, 6.45) is 3.10. The average molecular weight is 345 g/mol. The number of aliphatic carboxylic acids is 1. The Kier molecular flexibility index (Phi) is 4.81. The van der Waals surface area contributed by atoms with E-state index in [4.69, 9.17) is 5.11 Å². The van der Waals surface area contributed by atoms with Gasteiger partial charge in [0.2, 0.25) is 0 Å². The van der Waals surface area contributed by atoms with Crippen LogP contribution in [0.1, 0.15) is 5.56 Å². The van der Waals surface area contributed by atoms with Crippen LogP contribution in [0.5, 0.6) is 0 Å². The molecule has 0 fully saturated rings. The summed E-state index contributed by atoms with van der Waals surface area (Å²) in [6.45, 7) is -0.202. The van der Waals surface area contributed by atoms with Crippen molar-refractivity contribution in [3.63, 3.8) is 0 Å². The van der Waals surface area contributed by atoms with Crippen molar-refractivity contribution in [2.45, 2.75) is 6.54 Å². The van der Waals surface area contributed by atoms with E-state index in [9.17, 15) is 14.9 Å².